The molecule has 0 spiro atoms. The lowest BCUT2D eigenvalue weighted by Gasteiger charge is -2.12. The lowest BCUT2D eigenvalue weighted by atomic mass is 10.2. The van der Waals surface area contributed by atoms with Crippen LogP contribution >= 0.6 is 23.1 Å². The molecular formula is C13H17N3OS2. The summed E-state index contributed by atoms with van der Waals surface area (Å²) in [5.74, 6) is 0.465. The van der Waals surface area contributed by atoms with Crippen LogP contribution in [0.4, 0.5) is 0 Å². The Morgan fingerprint density at radius 3 is 3.16 bits per heavy atom. The van der Waals surface area contributed by atoms with Crippen molar-refractivity contribution >= 4 is 39.2 Å². The number of fused-ring (bicyclic) bond motifs is 1. The molecule has 1 atom stereocenters. The molecule has 4 nitrogen and oxygen atoms in total. The second-order valence-corrected chi connectivity index (χ2v) is 6.24. The summed E-state index contributed by atoms with van der Waals surface area (Å²) in [5, 5.41) is 5.87. The summed E-state index contributed by atoms with van der Waals surface area (Å²) < 4.78 is 1.06. The number of carbonyl (C=O) groups excluding carboxylic acids is 1. The molecule has 2 rings (SSSR count). The summed E-state index contributed by atoms with van der Waals surface area (Å²) >= 11 is 3.08. The highest BCUT2D eigenvalue weighted by molar-refractivity contribution is 8.00. The Bertz CT molecular complexity index is 556. The zero-order valence-corrected chi connectivity index (χ0v) is 12.7. The van der Waals surface area contributed by atoms with Gasteiger partial charge in [-0.15, -0.1) is 11.3 Å². The molecule has 0 fully saturated rings. The Kier molecular flexibility index (Phi) is 5.15. The maximum Gasteiger partial charge on any atom is 0.230 e. The minimum Gasteiger partial charge on any atom is -0.353 e. The summed E-state index contributed by atoms with van der Waals surface area (Å²) in [4.78, 5) is 20.2. The molecule has 1 unspecified atom stereocenters. The molecule has 2 aromatic rings. The molecule has 0 aliphatic heterocycles. The molecule has 0 aliphatic rings. The Morgan fingerprint density at radius 1 is 1.53 bits per heavy atom. The molecule has 1 N–H and O–H groups in total. The van der Waals surface area contributed by atoms with Gasteiger partial charge in [0.05, 0.1) is 16.0 Å². The standard InChI is InChI=1S/C13H17N3OS2/c1-3-4-9(2)16-11(17)7-19-13-12-10(5-6-18-12)14-8-15-13/h5-6,8-9H,3-4,7H2,1-2H3,(H,16,17). The van der Waals surface area contributed by atoms with Crippen LogP contribution in [0.3, 0.4) is 0 Å². The van der Waals surface area contributed by atoms with Crippen molar-refractivity contribution in [3.05, 3.63) is 17.8 Å². The van der Waals surface area contributed by atoms with E-state index < -0.39 is 0 Å². The van der Waals surface area contributed by atoms with Gasteiger partial charge in [0.2, 0.25) is 5.91 Å². The highest BCUT2D eigenvalue weighted by atomic mass is 32.2. The van der Waals surface area contributed by atoms with Gasteiger partial charge in [-0.3, -0.25) is 4.79 Å². The van der Waals surface area contributed by atoms with Crippen LogP contribution in [0, 0.1) is 0 Å². The molecule has 0 aliphatic carbocycles. The van der Waals surface area contributed by atoms with Gasteiger partial charge in [0.1, 0.15) is 11.4 Å². The monoisotopic (exact) mass is 295 g/mol. The van der Waals surface area contributed by atoms with E-state index in [1.807, 2.05) is 18.4 Å². The number of nitrogens with zero attached hydrogens (tertiary/aromatic N) is 2. The SMILES string of the molecule is CCCC(C)NC(=O)CSc1ncnc2ccsc12. The lowest BCUT2D eigenvalue weighted by Crippen LogP contribution is -2.33. The predicted molar refractivity (Wildman–Crippen MR) is 80.7 cm³/mol. The Balaban J connectivity index is 1.91. The molecule has 0 saturated carbocycles. The second-order valence-electron chi connectivity index (χ2n) is 4.36. The molecule has 6 heteroatoms. The second kappa shape index (κ2) is 6.86. The molecule has 102 valence electrons. The van der Waals surface area contributed by atoms with E-state index >= 15 is 0 Å². The fourth-order valence-electron chi connectivity index (χ4n) is 1.82. The topological polar surface area (TPSA) is 54.9 Å². The third-order valence-corrected chi connectivity index (χ3v) is 4.71. The van der Waals surface area contributed by atoms with Crippen molar-refractivity contribution in [3.63, 3.8) is 0 Å². The van der Waals surface area contributed by atoms with E-state index in [1.165, 1.54) is 11.8 Å². The number of aromatic nitrogens is 2. The van der Waals surface area contributed by atoms with Crippen LogP contribution in [0.2, 0.25) is 0 Å². The van der Waals surface area contributed by atoms with Crippen LogP contribution in [-0.4, -0.2) is 27.7 Å². The number of hydrogen-bond donors (Lipinski definition) is 1. The molecule has 19 heavy (non-hydrogen) atoms. The number of rotatable bonds is 6. The van der Waals surface area contributed by atoms with Crippen molar-refractivity contribution in [1.29, 1.82) is 0 Å². The normalized spacial score (nSPS) is 12.5. The molecule has 1 amide bonds. The van der Waals surface area contributed by atoms with Crippen molar-refractivity contribution in [1.82, 2.24) is 15.3 Å². The minimum absolute atomic E-state index is 0.0641. The molecule has 0 aromatic carbocycles. The fourth-order valence-corrected chi connectivity index (χ4v) is 3.58. The first-order valence-corrected chi connectivity index (χ1v) is 8.17. The maximum absolute atomic E-state index is 11.8. The number of nitrogens with one attached hydrogen (secondary N) is 1. The van der Waals surface area contributed by atoms with Crippen molar-refractivity contribution in [2.24, 2.45) is 0 Å². The number of thiophene rings is 1. The van der Waals surface area contributed by atoms with Gasteiger partial charge < -0.3 is 5.32 Å². The van der Waals surface area contributed by atoms with Crippen LogP contribution in [0.5, 0.6) is 0 Å². The first-order chi connectivity index (χ1) is 9.20. The summed E-state index contributed by atoms with van der Waals surface area (Å²) in [7, 11) is 0. The Labute approximate surface area is 121 Å². The van der Waals surface area contributed by atoms with Gasteiger partial charge >= 0.3 is 0 Å². The quantitative estimate of drug-likeness (QED) is 0.657. The van der Waals surface area contributed by atoms with Crippen molar-refractivity contribution in [2.75, 3.05) is 5.75 Å². The first kappa shape index (κ1) is 14.3. The summed E-state index contributed by atoms with van der Waals surface area (Å²) in [6.07, 6.45) is 3.64. The van der Waals surface area contributed by atoms with Gasteiger partial charge in [-0.1, -0.05) is 25.1 Å². The average molecular weight is 295 g/mol. The van der Waals surface area contributed by atoms with E-state index in [9.17, 15) is 4.79 Å². The highest BCUT2D eigenvalue weighted by Crippen LogP contribution is 2.28. The van der Waals surface area contributed by atoms with Crippen molar-refractivity contribution in [3.8, 4) is 0 Å². The average Bonchev–Trinajstić information content (AvgIpc) is 2.85. The summed E-state index contributed by atoms with van der Waals surface area (Å²) in [5.41, 5.74) is 0.947. The summed E-state index contributed by atoms with van der Waals surface area (Å²) in [6.45, 7) is 4.15. The zero-order chi connectivity index (χ0) is 13.7. The predicted octanol–water partition coefficient (Wildman–Crippen LogP) is 3.09. The van der Waals surface area contributed by atoms with E-state index in [2.05, 4.69) is 22.2 Å². The molecule has 0 radical (unpaired) electrons. The van der Waals surface area contributed by atoms with Crippen molar-refractivity contribution in [2.45, 2.75) is 37.8 Å². The van der Waals surface area contributed by atoms with E-state index in [0.717, 1.165) is 28.1 Å². The number of amides is 1. The Hall–Kier alpha value is -1.14. The van der Waals surface area contributed by atoms with Crippen LogP contribution < -0.4 is 5.32 Å². The molecule has 2 heterocycles. The first-order valence-electron chi connectivity index (χ1n) is 6.31. The molecule has 0 saturated heterocycles. The molecule has 2 aromatic heterocycles. The van der Waals surface area contributed by atoms with E-state index in [1.54, 1.807) is 17.7 Å². The minimum atomic E-state index is 0.0641. The maximum atomic E-state index is 11.8. The third kappa shape index (κ3) is 3.91. The largest absolute Gasteiger partial charge is 0.353 e. The number of carbonyl (C=O) groups is 1. The van der Waals surface area contributed by atoms with Crippen molar-refractivity contribution < 1.29 is 4.79 Å². The van der Waals surface area contributed by atoms with E-state index in [0.29, 0.717) is 5.75 Å². The lowest BCUT2D eigenvalue weighted by molar-refractivity contribution is -0.119. The van der Waals surface area contributed by atoms with Gasteiger partial charge in [0, 0.05) is 6.04 Å². The van der Waals surface area contributed by atoms with Gasteiger partial charge in [0.15, 0.2) is 0 Å². The number of thioether (sulfide) groups is 1. The van der Waals surface area contributed by atoms with E-state index in [4.69, 9.17) is 0 Å². The van der Waals surface area contributed by atoms with E-state index in [-0.39, 0.29) is 11.9 Å². The summed E-state index contributed by atoms with van der Waals surface area (Å²) in [6, 6.07) is 2.21. The molecule has 0 bridgehead atoms. The number of hydrogen-bond acceptors (Lipinski definition) is 5. The zero-order valence-electron chi connectivity index (χ0n) is 11.0. The highest BCUT2D eigenvalue weighted by Gasteiger charge is 2.10. The fraction of sp³-hybridized carbons (Fsp3) is 0.462. The van der Waals surface area contributed by atoms with Gasteiger partial charge in [0.25, 0.3) is 0 Å². The molecular weight excluding hydrogens is 278 g/mol. The van der Waals surface area contributed by atoms with Crippen LogP contribution in [-0.2, 0) is 4.79 Å². The van der Waals surface area contributed by atoms with Gasteiger partial charge in [-0.25, -0.2) is 9.97 Å². The Morgan fingerprint density at radius 2 is 2.37 bits per heavy atom. The van der Waals surface area contributed by atoms with Crippen LogP contribution in [0.15, 0.2) is 22.8 Å². The third-order valence-electron chi connectivity index (χ3n) is 2.68. The van der Waals surface area contributed by atoms with Gasteiger partial charge in [-0.2, -0.15) is 0 Å². The van der Waals surface area contributed by atoms with Gasteiger partial charge in [-0.05, 0) is 24.8 Å². The van der Waals surface area contributed by atoms with Crippen LogP contribution in [0.1, 0.15) is 26.7 Å². The van der Waals surface area contributed by atoms with Crippen LogP contribution in [0.25, 0.3) is 10.2 Å². The smallest absolute Gasteiger partial charge is 0.230 e.